The minimum atomic E-state index is -0.589. The first-order valence-electron chi connectivity index (χ1n) is 17.2. The number of hydrogen-bond acceptors (Lipinski definition) is 8. The lowest BCUT2D eigenvalue weighted by atomic mass is 9.98. The standard InChI is InChI=1S/C38H46FN9O3/c1-5-48(33-13-11-31(40)36(45-33)35(41)28-10-12-32(30(39)20-28)51-24(2)3)38(50)29-14-17-46(21-29)22-34(49)47-18-15-26(16-19-47)25-6-8-27(9-7-25)37(42)44-23-43-4/h6-13,15,20,23-24,29,41H,5,14,16-19,21-22,40H2,1-4H3,(H2,42,43,44)/t29-/m1/s1. The van der Waals surface area contributed by atoms with Crippen LogP contribution in [0.4, 0.5) is 15.9 Å². The number of nitrogen functional groups attached to an aromatic ring is 1. The van der Waals surface area contributed by atoms with Crippen LogP contribution in [0, 0.1) is 22.6 Å². The van der Waals surface area contributed by atoms with E-state index < -0.39 is 5.82 Å². The first-order valence-corrected chi connectivity index (χ1v) is 17.2. The van der Waals surface area contributed by atoms with Crippen molar-refractivity contribution in [3.63, 3.8) is 0 Å². The van der Waals surface area contributed by atoms with Crippen LogP contribution in [0.1, 0.15) is 56.0 Å². The van der Waals surface area contributed by atoms with Crippen molar-refractivity contribution in [3.8, 4) is 5.75 Å². The summed E-state index contributed by atoms with van der Waals surface area (Å²) in [4.78, 5) is 41.1. The van der Waals surface area contributed by atoms with Crippen molar-refractivity contribution in [1.29, 1.82) is 10.8 Å². The van der Waals surface area contributed by atoms with Gasteiger partial charge in [-0.3, -0.25) is 30.2 Å². The number of halogens is 1. The van der Waals surface area contributed by atoms with Gasteiger partial charge >= 0.3 is 0 Å². The van der Waals surface area contributed by atoms with E-state index in [1.54, 1.807) is 44.0 Å². The predicted molar refractivity (Wildman–Crippen MR) is 199 cm³/mol. The van der Waals surface area contributed by atoms with Crippen LogP contribution in [0.5, 0.6) is 5.75 Å². The molecular weight excluding hydrogens is 649 g/mol. The molecule has 0 saturated carbocycles. The van der Waals surface area contributed by atoms with Gasteiger partial charge in [-0.25, -0.2) is 14.4 Å². The molecule has 0 aliphatic carbocycles. The largest absolute Gasteiger partial charge is 0.488 e. The minimum Gasteiger partial charge on any atom is -0.488 e. The lowest BCUT2D eigenvalue weighted by Crippen LogP contribution is -2.42. The third-order valence-electron chi connectivity index (χ3n) is 8.98. The minimum absolute atomic E-state index is 0.0283. The Bertz CT molecular complexity index is 1840. The molecule has 2 amide bonds. The van der Waals surface area contributed by atoms with Gasteiger partial charge in [-0.1, -0.05) is 30.3 Å². The zero-order chi connectivity index (χ0) is 36.7. The highest BCUT2D eigenvalue weighted by Crippen LogP contribution is 2.27. The number of likely N-dealkylation sites (tertiary alicyclic amines) is 1. The zero-order valence-electron chi connectivity index (χ0n) is 29.6. The van der Waals surface area contributed by atoms with Gasteiger partial charge in [0.05, 0.1) is 36.3 Å². The van der Waals surface area contributed by atoms with E-state index in [2.05, 4.69) is 21.4 Å². The van der Waals surface area contributed by atoms with E-state index in [4.69, 9.17) is 21.3 Å². The molecule has 51 heavy (non-hydrogen) atoms. The summed E-state index contributed by atoms with van der Waals surface area (Å²) in [5, 5.41) is 19.6. The Morgan fingerprint density at radius 1 is 1.14 bits per heavy atom. The molecule has 5 N–H and O–H groups in total. The maximum absolute atomic E-state index is 14.7. The molecule has 0 spiro atoms. The number of nitrogens with zero attached hydrogens (tertiary/aromatic N) is 5. The Kier molecular flexibility index (Phi) is 11.9. The molecule has 13 heteroatoms. The number of aliphatic imine (C=N–C) groups is 1. The third-order valence-corrected chi connectivity index (χ3v) is 8.98. The molecule has 1 fully saturated rings. The first kappa shape index (κ1) is 36.8. The van der Waals surface area contributed by atoms with Crippen LogP contribution in [-0.2, 0) is 9.59 Å². The Labute approximate surface area is 298 Å². The van der Waals surface area contributed by atoms with Gasteiger partial charge in [-0.15, -0.1) is 0 Å². The van der Waals surface area contributed by atoms with Gasteiger partial charge in [0, 0.05) is 44.4 Å². The molecular formula is C38H46FN9O3. The topological polar surface area (TPSA) is 164 Å². The molecule has 0 unspecified atom stereocenters. The van der Waals surface area contributed by atoms with E-state index in [0.717, 1.165) is 17.5 Å². The van der Waals surface area contributed by atoms with Gasteiger partial charge in [-0.2, -0.15) is 0 Å². The van der Waals surface area contributed by atoms with E-state index in [1.807, 2.05) is 41.0 Å². The summed E-state index contributed by atoms with van der Waals surface area (Å²) in [6.45, 7) is 8.26. The number of hydrogen-bond donors (Lipinski definition) is 4. The first-order chi connectivity index (χ1) is 24.5. The molecule has 0 bridgehead atoms. The lowest BCUT2D eigenvalue weighted by molar-refractivity contribution is -0.132. The Hall–Kier alpha value is -5.43. The van der Waals surface area contributed by atoms with Crippen molar-refractivity contribution in [2.24, 2.45) is 10.9 Å². The van der Waals surface area contributed by atoms with Crippen molar-refractivity contribution in [2.45, 2.75) is 39.7 Å². The summed E-state index contributed by atoms with van der Waals surface area (Å²) >= 11 is 0. The highest BCUT2D eigenvalue weighted by Gasteiger charge is 2.34. The zero-order valence-corrected chi connectivity index (χ0v) is 29.6. The number of ether oxygens (including phenoxy) is 1. The van der Waals surface area contributed by atoms with Gasteiger partial charge < -0.3 is 20.7 Å². The van der Waals surface area contributed by atoms with Crippen molar-refractivity contribution in [3.05, 3.63) is 88.9 Å². The van der Waals surface area contributed by atoms with Crippen LogP contribution in [0.2, 0.25) is 0 Å². The molecule has 268 valence electrons. The number of amides is 2. The summed E-state index contributed by atoms with van der Waals surface area (Å²) in [6, 6.07) is 15.3. The summed E-state index contributed by atoms with van der Waals surface area (Å²) in [5.41, 5.74) is 9.78. The van der Waals surface area contributed by atoms with Crippen LogP contribution >= 0.6 is 0 Å². The van der Waals surface area contributed by atoms with Crippen molar-refractivity contribution < 1.29 is 18.7 Å². The van der Waals surface area contributed by atoms with Crippen LogP contribution < -0.4 is 20.7 Å². The second kappa shape index (κ2) is 16.5. The van der Waals surface area contributed by atoms with E-state index in [0.29, 0.717) is 45.0 Å². The summed E-state index contributed by atoms with van der Waals surface area (Å²) < 4.78 is 20.2. The summed E-state index contributed by atoms with van der Waals surface area (Å²) in [6.07, 6.45) is 4.70. The van der Waals surface area contributed by atoms with Gasteiger partial charge in [0.25, 0.3) is 0 Å². The smallest absolute Gasteiger partial charge is 0.237 e. The predicted octanol–water partition coefficient (Wildman–Crippen LogP) is 4.57. The quantitative estimate of drug-likeness (QED) is 0.159. The number of anilines is 2. The van der Waals surface area contributed by atoms with E-state index in [-0.39, 0.29) is 64.6 Å². The molecule has 1 saturated heterocycles. The average Bonchev–Trinajstić information content (AvgIpc) is 3.60. The average molecular weight is 696 g/mol. The van der Waals surface area contributed by atoms with Gasteiger partial charge in [0.1, 0.15) is 11.5 Å². The number of pyridine rings is 1. The molecule has 0 radical (unpaired) electrons. The number of rotatable bonds is 12. The molecule has 3 heterocycles. The third kappa shape index (κ3) is 8.84. The number of amidine groups is 1. The van der Waals surface area contributed by atoms with Crippen molar-refractivity contribution in [2.75, 3.05) is 56.9 Å². The van der Waals surface area contributed by atoms with Crippen molar-refractivity contribution >= 4 is 46.8 Å². The van der Waals surface area contributed by atoms with Crippen LogP contribution in [-0.4, -0.2) is 96.9 Å². The second-order valence-electron chi connectivity index (χ2n) is 12.9. The molecule has 1 aromatic heterocycles. The van der Waals surface area contributed by atoms with Gasteiger partial charge in [0.15, 0.2) is 17.4 Å². The number of benzene rings is 2. The van der Waals surface area contributed by atoms with Gasteiger partial charge in [0.2, 0.25) is 11.8 Å². The molecule has 1 atom stereocenters. The lowest BCUT2D eigenvalue weighted by Gasteiger charge is -2.29. The molecule has 3 aromatic rings. The molecule has 2 aromatic carbocycles. The second-order valence-corrected chi connectivity index (χ2v) is 12.9. The Balaban J connectivity index is 1.17. The van der Waals surface area contributed by atoms with E-state index >= 15 is 0 Å². The molecule has 12 nitrogen and oxygen atoms in total. The fourth-order valence-corrected chi connectivity index (χ4v) is 6.28. The number of carbonyl (C=O) groups is 2. The summed E-state index contributed by atoms with van der Waals surface area (Å²) in [7, 11) is 1.73. The maximum atomic E-state index is 14.7. The van der Waals surface area contributed by atoms with E-state index in [9.17, 15) is 14.0 Å². The van der Waals surface area contributed by atoms with Crippen LogP contribution in [0.3, 0.4) is 0 Å². The van der Waals surface area contributed by atoms with Crippen LogP contribution in [0.25, 0.3) is 5.57 Å². The van der Waals surface area contributed by atoms with E-state index in [1.165, 1.54) is 24.0 Å². The number of carbonyl (C=O) groups excluding carboxylic acids is 2. The highest BCUT2D eigenvalue weighted by atomic mass is 19.1. The number of nitrogens with one attached hydrogen (secondary N) is 3. The summed E-state index contributed by atoms with van der Waals surface area (Å²) in [5.74, 6) is -0.346. The Morgan fingerprint density at radius 2 is 1.88 bits per heavy atom. The number of nitrogens with two attached hydrogens (primary N) is 1. The molecule has 2 aliphatic heterocycles. The maximum Gasteiger partial charge on any atom is 0.237 e. The van der Waals surface area contributed by atoms with Crippen molar-refractivity contribution in [1.82, 2.24) is 20.1 Å². The fourth-order valence-electron chi connectivity index (χ4n) is 6.28. The van der Waals surface area contributed by atoms with Gasteiger partial charge in [-0.05, 0) is 81.6 Å². The highest BCUT2D eigenvalue weighted by molar-refractivity contribution is 6.13. The number of aromatic nitrogens is 1. The normalized spacial score (nSPS) is 16.3. The fraction of sp³-hybridized carbons (Fsp3) is 0.368. The molecule has 5 rings (SSSR count). The SMILES string of the molecule is CCN(C(=O)[C@@H]1CCN(CC(=O)N2CC=C(c3ccc(C(=N)/N=C\NC)cc3)CC2)C1)c1ccc(N)c(C(=N)c2ccc(OC(C)C)c(F)c2)n1. The van der Waals surface area contributed by atoms with Crippen LogP contribution in [0.15, 0.2) is 65.7 Å². The molecule has 2 aliphatic rings. The monoisotopic (exact) mass is 695 g/mol. The Morgan fingerprint density at radius 3 is 2.53 bits per heavy atom.